The molecule has 30 heavy (non-hydrogen) atoms. The molecule has 0 saturated heterocycles. The number of nitrogens with zero attached hydrogens (tertiary/aromatic N) is 3. The highest BCUT2D eigenvalue weighted by Crippen LogP contribution is 2.48. The Kier molecular flexibility index (Phi) is 5.43. The summed E-state index contributed by atoms with van der Waals surface area (Å²) in [6, 6.07) is 5.56. The van der Waals surface area contributed by atoms with Crippen LogP contribution in [0.15, 0.2) is 35.5 Å². The number of halogens is 5. The minimum Gasteiger partial charge on any atom is -0.387 e. The number of aliphatic imine (C=N–C) groups is 1. The molecule has 0 fully saturated rings. The third-order valence-corrected chi connectivity index (χ3v) is 4.68. The lowest BCUT2D eigenvalue weighted by Crippen LogP contribution is -2.51. The van der Waals surface area contributed by atoms with Crippen LogP contribution >= 0.6 is 0 Å². The summed E-state index contributed by atoms with van der Waals surface area (Å²) < 4.78 is 71.7. The van der Waals surface area contributed by atoms with Crippen LogP contribution in [-0.4, -0.2) is 29.3 Å². The Balaban J connectivity index is 2.05. The molecular weight excluding hydrogens is 409 g/mol. The van der Waals surface area contributed by atoms with Crippen molar-refractivity contribution in [2.75, 3.05) is 12.0 Å². The Bertz CT molecular complexity index is 1060. The number of amidine groups is 1. The van der Waals surface area contributed by atoms with E-state index in [4.69, 9.17) is 11.0 Å². The first kappa shape index (κ1) is 21.2. The molecule has 1 atom stereocenters. The van der Waals surface area contributed by atoms with Gasteiger partial charge in [-0.2, -0.15) is 5.26 Å². The molecule has 1 aromatic carbocycles. The summed E-state index contributed by atoms with van der Waals surface area (Å²) in [6.45, 7) is -1.84. The molecule has 3 rings (SSSR count). The molecule has 1 aromatic heterocycles. The fourth-order valence-electron chi connectivity index (χ4n) is 3.08. The molecule has 1 aliphatic rings. The van der Waals surface area contributed by atoms with Crippen LogP contribution in [0.3, 0.4) is 0 Å². The molecular formula is C19H14F5N5O. The maximum Gasteiger partial charge on any atom is 0.280 e. The summed E-state index contributed by atoms with van der Waals surface area (Å²) in [6.07, 6.45) is -0.123. The van der Waals surface area contributed by atoms with Crippen molar-refractivity contribution in [1.82, 2.24) is 4.98 Å². The van der Waals surface area contributed by atoms with Crippen LogP contribution in [-0.2, 0) is 5.54 Å². The van der Waals surface area contributed by atoms with Crippen LogP contribution in [0.1, 0.15) is 34.5 Å². The largest absolute Gasteiger partial charge is 0.387 e. The van der Waals surface area contributed by atoms with Crippen molar-refractivity contribution in [3.63, 3.8) is 0 Å². The fraction of sp³-hybridized carbons (Fsp3) is 0.263. The van der Waals surface area contributed by atoms with E-state index < -0.39 is 53.3 Å². The number of nitrogens with two attached hydrogens (primary N) is 1. The number of carbonyl (C=O) groups excluding carboxylic acids is 1. The maximum absolute atomic E-state index is 14.6. The van der Waals surface area contributed by atoms with E-state index in [0.29, 0.717) is 12.1 Å². The van der Waals surface area contributed by atoms with Crippen LogP contribution < -0.4 is 11.1 Å². The average molecular weight is 423 g/mol. The number of rotatable bonds is 4. The lowest BCUT2D eigenvalue weighted by molar-refractivity contribution is -0.0960. The summed E-state index contributed by atoms with van der Waals surface area (Å²) in [5.41, 5.74) is 0.946. The van der Waals surface area contributed by atoms with E-state index in [0.717, 1.165) is 6.20 Å². The normalized spacial score (nSPS) is 20.2. The van der Waals surface area contributed by atoms with Crippen molar-refractivity contribution >= 4 is 17.4 Å². The minimum absolute atomic E-state index is 0.175. The minimum atomic E-state index is -3.85. The molecule has 156 valence electrons. The van der Waals surface area contributed by atoms with E-state index in [2.05, 4.69) is 15.3 Å². The number of hydrogen-bond donors (Lipinski definition) is 2. The van der Waals surface area contributed by atoms with Crippen LogP contribution in [0, 0.1) is 23.0 Å². The first-order valence-electron chi connectivity index (χ1n) is 8.58. The molecule has 1 unspecified atom stereocenters. The highest BCUT2D eigenvalue weighted by Gasteiger charge is 2.58. The van der Waals surface area contributed by atoms with Crippen molar-refractivity contribution in [2.24, 2.45) is 10.7 Å². The van der Waals surface area contributed by atoms with Crippen molar-refractivity contribution in [1.29, 1.82) is 5.26 Å². The topological polar surface area (TPSA) is 104 Å². The molecule has 3 N–H and O–H groups in total. The van der Waals surface area contributed by atoms with Gasteiger partial charge in [0.05, 0.1) is 11.4 Å². The smallest absolute Gasteiger partial charge is 0.280 e. The van der Waals surface area contributed by atoms with E-state index >= 15 is 0 Å². The van der Waals surface area contributed by atoms with E-state index in [-0.39, 0.29) is 23.5 Å². The van der Waals surface area contributed by atoms with Crippen LogP contribution in [0.4, 0.5) is 27.6 Å². The van der Waals surface area contributed by atoms with Crippen molar-refractivity contribution in [3.8, 4) is 6.07 Å². The second-order valence-electron chi connectivity index (χ2n) is 6.62. The van der Waals surface area contributed by atoms with Gasteiger partial charge in [0, 0.05) is 36.4 Å². The standard InChI is InChI=1S/C19H14F5N5O/c20-9-18(19(23,24)4-3-15(26)29-18)12-5-11(6-13(21)16(12)22)28-17(30)14-2-1-10(7-25)8-27-14/h1-2,5-6,8H,3-4,9H2,(H2,26,29)(H,28,30). The SMILES string of the molecule is N#Cc1ccc(C(=O)Nc2cc(F)c(F)c(C3(CF)N=C(N)CCC3(F)F)c2)nc1. The number of hydrogen-bond acceptors (Lipinski definition) is 5. The summed E-state index contributed by atoms with van der Waals surface area (Å²) in [5, 5.41) is 10.9. The van der Waals surface area contributed by atoms with Gasteiger partial charge in [0.2, 0.25) is 0 Å². The van der Waals surface area contributed by atoms with Crippen molar-refractivity contribution in [2.45, 2.75) is 24.3 Å². The Labute approximate surface area is 167 Å². The van der Waals surface area contributed by atoms with Gasteiger partial charge in [0.15, 0.2) is 17.2 Å². The van der Waals surface area contributed by atoms with E-state index in [1.807, 2.05) is 6.07 Å². The Morgan fingerprint density at radius 2 is 2.03 bits per heavy atom. The maximum atomic E-state index is 14.6. The van der Waals surface area contributed by atoms with Gasteiger partial charge in [-0.3, -0.25) is 9.79 Å². The van der Waals surface area contributed by atoms with E-state index in [1.54, 1.807) is 0 Å². The zero-order valence-electron chi connectivity index (χ0n) is 15.2. The Hall–Kier alpha value is -3.55. The number of carbonyl (C=O) groups is 1. The molecule has 0 aliphatic carbocycles. The second kappa shape index (κ2) is 7.70. The molecule has 0 saturated carbocycles. The quantitative estimate of drug-likeness (QED) is 0.735. The van der Waals surface area contributed by atoms with Gasteiger partial charge in [0.1, 0.15) is 18.4 Å². The fourth-order valence-corrected chi connectivity index (χ4v) is 3.08. The molecule has 11 heteroatoms. The molecule has 2 aromatic rings. The Morgan fingerprint density at radius 1 is 1.30 bits per heavy atom. The number of nitrogens with one attached hydrogen (secondary N) is 1. The van der Waals surface area contributed by atoms with Crippen molar-refractivity contribution < 1.29 is 26.7 Å². The third-order valence-electron chi connectivity index (χ3n) is 4.68. The lowest BCUT2D eigenvalue weighted by atomic mass is 9.80. The zero-order chi connectivity index (χ0) is 22.1. The molecule has 1 aliphatic heterocycles. The zero-order valence-corrected chi connectivity index (χ0v) is 15.2. The highest BCUT2D eigenvalue weighted by molar-refractivity contribution is 6.02. The van der Waals surface area contributed by atoms with E-state index in [9.17, 15) is 26.7 Å². The number of aromatic nitrogens is 1. The highest BCUT2D eigenvalue weighted by atomic mass is 19.3. The summed E-state index contributed by atoms with van der Waals surface area (Å²) >= 11 is 0. The lowest BCUT2D eigenvalue weighted by Gasteiger charge is -2.39. The average Bonchev–Trinajstić information content (AvgIpc) is 2.72. The van der Waals surface area contributed by atoms with Gasteiger partial charge in [-0.1, -0.05) is 0 Å². The van der Waals surface area contributed by atoms with Gasteiger partial charge >= 0.3 is 0 Å². The van der Waals surface area contributed by atoms with Gasteiger partial charge in [-0.15, -0.1) is 0 Å². The summed E-state index contributed by atoms with van der Waals surface area (Å²) in [5.74, 6) is -8.37. The number of amides is 1. The van der Waals surface area contributed by atoms with Gasteiger partial charge in [0.25, 0.3) is 11.8 Å². The predicted octanol–water partition coefficient (Wildman–Crippen LogP) is 3.43. The van der Waals surface area contributed by atoms with Crippen molar-refractivity contribution in [3.05, 3.63) is 58.9 Å². The number of benzene rings is 1. The van der Waals surface area contributed by atoms with Gasteiger partial charge in [-0.25, -0.2) is 26.9 Å². The summed E-state index contributed by atoms with van der Waals surface area (Å²) in [7, 11) is 0. The van der Waals surface area contributed by atoms with Gasteiger partial charge in [-0.05, 0) is 18.2 Å². The van der Waals surface area contributed by atoms with Gasteiger partial charge < -0.3 is 11.1 Å². The van der Waals surface area contributed by atoms with Crippen LogP contribution in [0.25, 0.3) is 0 Å². The predicted molar refractivity (Wildman–Crippen MR) is 96.7 cm³/mol. The number of alkyl halides is 3. The van der Waals surface area contributed by atoms with E-state index in [1.165, 1.54) is 12.1 Å². The number of pyridine rings is 1. The second-order valence-corrected chi connectivity index (χ2v) is 6.62. The molecule has 6 nitrogen and oxygen atoms in total. The Morgan fingerprint density at radius 3 is 2.63 bits per heavy atom. The molecule has 0 bridgehead atoms. The number of nitriles is 1. The first-order chi connectivity index (χ1) is 14.1. The molecule has 2 heterocycles. The number of anilines is 1. The summed E-state index contributed by atoms with van der Waals surface area (Å²) in [4.78, 5) is 19.5. The monoisotopic (exact) mass is 423 g/mol. The molecule has 1 amide bonds. The van der Waals surface area contributed by atoms with Crippen LogP contribution in [0.2, 0.25) is 0 Å². The first-order valence-corrected chi connectivity index (χ1v) is 8.58. The van der Waals surface area contributed by atoms with Crippen LogP contribution in [0.5, 0.6) is 0 Å². The molecule has 0 radical (unpaired) electrons. The molecule has 0 spiro atoms. The third kappa shape index (κ3) is 3.56.